The minimum absolute atomic E-state index is 0.0298. The highest BCUT2D eigenvalue weighted by atomic mass is 19.1. The smallest absolute Gasteiger partial charge is 0.127 e. The third-order valence-corrected chi connectivity index (χ3v) is 3.05. The quantitative estimate of drug-likeness (QED) is 0.804. The molecule has 0 aliphatic carbocycles. The Balaban J connectivity index is 2.43. The van der Waals surface area contributed by atoms with E-state index in [4.69, 9.17) is 8.85 Å². The Bertz CT molecular complexity index is 508. The fourth-order valence-electron chi connectivity index (χ4n) is 2.00. The van der Waals surface area contributed by atoms with E-state index in [1.54, 1.807) is 20.8 Å². The summed E-state index contributed by atoms with van der Waals surface area (Å²) in [6, 6.07) is -0.371. The van der Waals surface area contributed by atoms with Crippen LogP contribution in [0.1, 0.15) is 36.0 Å². The van der Waals surface area contributed by atoms with Crippen LogP contribution in [-0.4, -0.2) is 31.2 Å². The van der Waals surface area contributed by atoms with Crippen LogP contribution in [0.4, 0.5) is 4.39 Å². The molecule has 1 aliphatic rings. The molecular formula is C15H22FNO. The van der Waals surface area contributed by atoms with E-state index in [1.165, 1.54) is 0 Å². The van der Waals surface area contributed by atoms with E-state index in [1.807, 2.05) is 4.90 Å². The molecule has 1 aromatic rings. The zero-order chi connectivity index (χ0) is 15.8. The van der Waals surface area contributed by atoms with Gasteiger partial charge >= 0.3 is 0 Å². The lowest BCUT2D eigenvalue weighted by molar-refractivity contribution is 0.0341. The summed E-state index contributed by atoms with van der Waals surface area (Å²) < 4.78 is 44.1. The van der Waals surface area contributed by atoms with Gasteiger partial charge in [-0.3, -0.25) is 4.90 Å². The third kappa shape index (κ3) is 3.30. The van der Waals surface area contributed by atoms with E-state index in [2.05, 4.69) is 0 Å². The lowest BCUT2D eigenvalue weighted by Crippen LogP contribution is -2.35. The Hall–Kier alpha value is -0.930. The lowest BCUT2D eigenvalue weighted by Gasteiger charge is -2.27. The van der Waals surface area contributed by atoms with Gasteiger partial charge in [-0.15, -0.1) is 0 Å². The van der Waals surface area contributed by atoms with Gasteiger partial charge in [-0.2, -0.15) is 0 Å². The second kappa shape index (κ2) is 5.37. The predicted molar refractivity (Wildman–Crippen MR) is 71.2 cm³/mol. The van der Waals surface area contributed by atoms with Crippen LogP contribution in [0.15, 0.2) is 18.1 Å². The highest BCUT2D eigenvalue weighted by molar-refractivity contribution is 5.29. The first-order valence-electron chi connectivity index (χ1n) is 7.82. The standard InChI is InChI=1S/C15H22FNO/c1-15(2,3)13-5-4-12(10-14(13)16)11-17-6-8-18-9-7-17/h4-5,10H,6-9,11H2,1-3H3/i4D,5D,10D. The van der Waals surface area contributed by atoms with Crippen molar-refractivity contribution in [3.8, 4) is 0 Å². The van der Waals surface area contributed by atoms with Gasteiger partial charge < -0.3 is 4.74 Å². The summed E-state index contributed by atoms with van der Waals surface area (Å²) in [4.78, 5) is 2.03. The highest BCUT2D eigenvalue weighted by Crippen LogP contribution is 2.25. The van der Waals surface area contributed by atoms with Gasteiger partial charge in [-0.1, -0.05) is 32.9 Å². The van der Waals surface area contributed by atoms with E-state index in [0.29, 0.717) is 38.4 Å². The van der Waals surface area contributed by atoms with Gasteiger partial charge in [0.05, 0.1) is 17.3 Å². The topological polar surface area (TPSA) is 12.5 Å². The molecule has 0 amide bonds. The van der Waals surface area contributed by atoms with Gasteiger partial charge in [0.25, 0.3) is 0 Å². The molecule has 18 heavy (non-hydrogen) atoms. The molecular weight excluding hydrogens is 229 g/mol. The molecule has 0 bridgehead atoms. The summed E-state index contributed by atoms with van der Waals surface area (Å²) in [6.07, 6.45) is 0. The first-order valence-corrected chi connectivity index (χ1v) is 6.32. The molecule has 100 valence electrons. The Morgan fingerprint density at radius 1 is 1.33 bits per heavy atom. The molecule has 2 rings (SSSR count). The summed E-state index contributed by atoms with van der Waals surface area (Å²) in [6.45, 7) is 8.34. The fraction of sp³-hybridized carbons (Fsp3) is 0.600. The zero-order valence-electron chi connectivity index (χ0n) is 14.3. The summed E-state index contributed by atoms with van der Waals surface area (Å²) in [5.74, 6) is -0.660. The highest BCUT2D eigenvalue weighted by Gasteiger charge is 2.19. The van der Waals surface area contributed by atoms with E-state index in [0.717, 1.165) is 0 Å². The van der Waals surface area contributed by atoms with Gasteiger partial charge in [0.1, 0.15) is 5.82 Å². The number of ether oxygens (including phenoxy) is 1. The van der Waals surface area contributed by atoms with Crippen molar-refractivity contribution in [2.75, 3.05) is 26.3 Å². The van der Waals surface area contributed by atoms with Gasteiger partial charge in [-0.25, -0.2) is 4.39 Å². The first kappa shape index (κ1) is 9.93. The molecule has 0 atom stereocenters. The van der Waals surface area contributed by atoms with Crippen molar-refractivity contribution in [2.45, 2.75) is 32.7 Å². The zero-order valence-corrected chi connectivity index (χ0v) is 11.3. The van der Waals surface area contributed by atoms with E-state index >= 15 is 0 Å². The minimum Gasteiger partial charge on any atom is -0.379 e. The molecule has 0 saturated carbocycles. The van der Waals surface area contributed by atoms with Crippen LogP contribution in [0.25, 0.3) is 0 Å². The van der Waals surface area contributed by atoms with Gasteiger partial charge in [0, 0.05) is 19.6 Å². The molecule has 0 radical (unpaired) electrons. The van der Waals surface area contributed by atoms with Crippen LogP contribution in [0, 0.1) is 5.82 Å². The summed E-state index contributed by atoms with van der Waals surface area (Å²) in [7, 11) is 0. The summed E-state index contributed by atoms with van der Waals surface area (Å²) in [5, 5.41) is 0. The molecule has 0 spiro atoms. The number of rotatable bonds is 2. The van der Waals surface area contributed by atoms with Crippen LogP contribution in [0.5, 0.6) is 0 Å². The maximum Gasteiger partial charge on any atom is 0.127 e. The Labute approximate surface area is 113 Å². The lowest BCUT2D eigenvalue weighted by atomic mass is 9.86. The number of hydrogen-bond donors (Lipinski definition) is 0. The van der Waals surface area contributed by atoms with Crippen molar-refractivity contribution >= 4 is 0 Å². The van der Waals surface area contributed by atoms with Crippen molar-refractivity contribution in [3.63, 3.8) is 0 Å². The van der Waals surface area contributed by atoms with Crippen molar-refractivity contribution in [3.05, 3.63) is 35.1 Å². The molecule has 1 heterocycles. The van der Waals surface area contributed by atoms with Crippen LogP contribution >= 0.6 is 0 Å². The first-order chi connectivity index (χ1) is 9.73. The van der Waals surface area contributed by atoms with Crippen molar-refractivity contribution in [1.29, 1.82) is 0 Å². The Kier molecular flexibility index (Phi) is 2.96. The van der Waals surface area contributed by atoms with Crippen molar-refractivity contribution in [1.82, 2.24) is 4.90 Å². The molecule has 1 saturated heterocycles. The van der Waals surface area contributed by atoms with Crippen molar-refractivity contribution in [2.24, 2.45) is 0 Å². The number of morpholine rings is 1. The molecule has 0 N–H and O–H groups in total. The number of hydrogen-bond acceptors (Lipinski definition) is 2. The third-order valence-electron chi connectivity index (χ3n) is 3.05. The van der Waals surface area contributed by atoms with E-state index < -0.39 is 11.2 Å². The second-order valence-corrected chi connectivity index (χ2v) is 5.68. The maximum absolute atomic E-state index is 14.5. The maximum atomic E-state index is 14.5. The monoisotopic (exact) mass is 254 g/mol. The van der Waals surface area contributed by atoms with Gasteiger partial charge in [0.15, 0.2) is 0 Å². The molecule has 0 unspecified atom stereocenters. The van der Waals surface area contributed by atoms with Crippen LogP contribution < -0.4 is 0 Å². The molecule has 1 aliphatic heterocycles. The van der Waals surface area contributed by atoms with E-state index in [9.17, 15) is 4.39 Å². The van der Waals surface area contributed by atoms with Gasteiger partial charge in [-0.05, 0) is 22.6 Å². The minimum atomic E-state index is -0.660. The Morgan fingerprint density at radius 3 is 2.61 bits per heavy atom. The average Bonchev–Trinajstić information content (AvgIpc) is 2.41. The van der Waals surface area contributed by atoms with Crippen molar-refractivity contribution < 1.29 is 13.2 Å². The van der Waals surface area contributed by atoms with Crippen LogP contribution in [0.2, 0.25) is 0 Å². The molecule has 1 aromatic carbocycles. The van der Waals surface area contributed by atoms with E-state index in [-0.39, 0.29) is 23.7 Å². The predicted octanol–water partition coefficient (Wildman–Crippen LogP) is 2.96. The number of nitrogens with zero attached hydrogens (tertiary/aromatic N) is 1. The van der Waals surface area contributed by atoms with Crippen LogP contribution in [0.3, 0.4) is 0 Å². The number of benzene rings is 1. The molecule has 1 fully saturated rings. The summed E-state index contributed by atoms with van der Waals surface area (Å²) in [5.41, 5.74) is -0.139. The normalized spacial score (nSPS) is 20.3. The van der Waals surface area contributed by atoms with Gasteiger partial charge in [0.2, 0.25) is 0 Å². The Morgan fingerprint density at radius 2 is 2.00 bits per heavy atom. The molecule has 3 heteroatoms. The molecule has 0 aromatic heterocycles. The largest absolute Gasteiger partial charge is 0.379 e. The number of halogens is 1. The summed E-state index contributed by atoms with van der Waals surface area (Å²) >= 11 is 0. The molecule has 2 nitrogen and oxygen atoms in total. The van der Waals surface area contributed by atoms with Crippen LogP contribution in [-0.2, 0) is 16.7 Å². The second-order valence-electron chi connectivity index (χ2n) is 5.68. The fourth-order valence-corrected chi connectivity index (χ4v) is 2.00. The SMILES string of the molecule is [2H]c1c([2H])c(C(C)(C)C)c(F)c([2H])c1CN1CCOCC1. The average molecular weight is 254 g/mol.